The van der Waals surface area contributed by atoms with E-state index in [2.05, 4.69) is 66.2 Å². The molecule has 0 radical (unpaired) electrons. The minimum atomic E-state index is -1.10. The minimum Gasteiger partial charge on any atom is -0.507 e. The molecule has 4 aliphatic heterocycles. The number of aliphatic carboxylic acids is 1. The van der Waals surface area contributed by atoms with Crippen molar-refractivity contribution in [2.75, 3.05) is 46.0 Å². The van der Waals surface area contributed by atoms with Gasteiger partial charge in [-0.15, -0.1) is 0 Å². The Morgan fingerprint density at radius 2 is 0.521 bits per heavy atom. The Kier molecular flexibility index (Phi) is 33.9. The van der Waals surface area contributed by atoms with Gasteiger partial charge in [0.05, 0.1) is 69.2 Å². The maximum absolute atomic E-state index is 14.2. The molecule has 4 amide bonds. The summed E-state index contributed by atoms with van der Waals surface area (Å²) in [6.45, 7) is 27.7. The lowest BCUT2D eigenvalue weighted by atomic mass is 9.96. The van der Waals surface area contributed by atoms with Gasteiger partial charge in [0.2, 0.25) is 0 Å². The highest BCUT2D eigenvalue weighted by atomic mass is 32.1. The molecule has 12 aromatic rings. The van der Waals surface area contributed by atoms with E-state index in [1.165, 1.54) is 122 Å². The molecule has 4 aromatic carbocycles. The predicted octanol–water partition coefficient (Wildman–Crippen LogP) is 17.1. The number of carbonyl (C=O) groups is 13. The number of anilines is 4. The summed E-state index contributed by atoms with van der Waals surface area (Å²) in [7, 11) is 0. The maximum atomic E-state index is 14.2. The van der Waals surface area contributed by atoms with Crippen LogP contribution in [0.25, 0.3) is 23.0 Å². The summed E-state index contributed by atoms with van der Waals surface area (Å²) in [6.07, 6.45) is 17.6. The number of ether oxygens (including phenoxy) is 4. The Balaban J connectivity index is 0.000000169. The zero-order chi connectivity index (χ0) is 105. The van der Waals surface area contributed by atoms with Gasteiger partial charge in [-0.3, -0.25) is 82.7 Å². The molecule has 4 saturated heterocycles. The standard InChI is InChI=1S/4C25H20FN3O5S.C2H4O2/c4*1-4-10-34-24(33)22-14(3)28-25(35-22)29-19(16-6-5-9-27-12-16)18(21(31)23(29)32)20(30)15-8-7-13(2)17(26)11-15;1-2(3)4/h4*4-9,11-12,19,30H,1,10H2,2-3H3;1H3,(H,3,4). The van der Waals surface area contributed by atoms with Crippen molar-refractivity contribution >= 4 is 166 Å². The van der Waals surface area contributed by atoms with Crippen molar-refractivity contribution in [3.63, 3.8) is 0 Å². The van der Waals surface area contributed by atoms with Gasteiger partial charge in [-0.1, -0.05) is 169 Å². The molecule has 4 aliphatic rings. The molecule has 8 aromatic heterocycles. The molecule has 42 heteroatoms. The minimum absolute atomic E-state index is 0.00118. The molecule has 0 spiro atoms. The number of thiazole rings is 4. The number of carboxylic acids is 1. The number of ketones is 4. The number of nitrogens with zero attached hydrogens (tertiary/aromatic N) is 12. The van der Waals surface area contributed by atoms with Crippen molar-refractivity contribution < 1.29 is 124 Å². The topological polar surface area (TPSA) is 476 Å². The van der Waals surface area contributed by atoms with Crippen molar-refractivity contribution in [2.45, 2.75) is 86.5 Å². The first-order valence-electron chi connectivity index (χ1n) is 42.8. The number of carbonyl (C=O) groups excluding carboxylic acids is 12. The first kappa shape index (κ1) is 106. The van der Waals surface area contributed by atoms with Crippen LogP contribution in [0.15, 0.2) is 244 Å². The van der Waals surface area contributed by atoms with Crippen LogP contribution >= 0.6 is 45.3 Å². The molecule has 4 atom stereocenters. The van der Waals surface area contributed by atoms with Crippen LogP contribution in [0.5, 0.6) is 0 Å². The average molecular weight is 2030 g/mol. The molecule has 4 fully saturated rings. The normalized spacial score (nSPS) is 16.7. The predicted molar refractivity (Wildman–Crippen MR) is 523 cm³/mol. The second-order valence-electron chi connectivity index (χ2n) is 31.4. The lowest BCUT2D eigenvalue weighted by Gasteiger charge is -2.22. The average Bonchev–Trinajstić information content (AvgIpc) is 1.60. The maximum Gasteiger partial charge on any atom is 0.350 e. The zero-order valence-electron chi connectivity index (χ0n) is 77.6. The number of aryl methyl sites for hydroxylation is 8. The van der Waals surface area contributed by atoms with Crippen LogP contribution < -0.4 is 19.6 Å². The molecule has 0 aliphatic carbocycles. The number of benzene rings is 4. The molecule has 144 heavy (non-hydrogen) atoms. The molecule has 736 valence electrons. The van der Waals surface area contributed by atoms with E-state index < -0.39 is 147 Å². The molecule has 4 unspecified atom stereocenters. The fourth-order valence-electron chi connectivity index (χ4n) is 14.6. The molecule has 34 nitrogen and oxygen atoms in total. The van der Waals surface area contributed by atoms with Crippen molar-refractivity contribution in [3.05, 3.63) is 376 Å². The SMILES string of the molecule is C=CCOC(=O)c1sc(N2C(=O)C(=O)C(=C(O)c3ccc(C)c(F)c3)C2c2cccnc2)nc1C.C=CCOC(=O)c1sc(N2C(=O)C(=O)C(=C(O)c3ccc(C)c(F)c3)C2c2cccnc2)nc1C.C=CCOC(=O)c1sc(N2C(=O)C(=O)C(=C(O)c3ccc(C)c(F)c3)C2c2cccnc2)nc1C.C=CCOC(=O)c1sc(N2C(=O)C(=O)C(=C(O)c3ccc(C)c(F)c3)C2c2cccnc2)nc1C.CC(=O)O. The van der Waals surface area contributed by atoms with Crippen molar-refractivity contribution in [2.24, 2.45) is 0 Å². The molecule has 0 saturated carbocycles. The highest BCUT2D eigenvalue weighted by Gasteiger charge is 2.53. The number of aromatic nitrogens is 8. The Bertz CT molecular complexity index is 6500. The van der Waals surface area contributed by atoms with Crippen LogP contribution in [0.2, 0.25) is 0 Å². The van der Waals surface area contributed by atoms with Crippen LogP contribution in [0.4, 0.5) is 38.1 Å². The lowest BCUT2D eigenvalue weighted by molar-refractivity contribution is -0.134. The summed E-state index contributed by atoms with van der Waals surface area (Å²) in [5.41, 5.74) is 3.59. The molecule has 5 N–H and O–H groups in total. The van der Waals surface area contributed by atoms with Crippen molar-refractivity contribution in [1.82, 2.24) is 39.9 Å². The van der Waals surface area contributed by atoms with Gasteiger partial charge >= 0.3 is 47.5 Å². The number of carboxylic acid groups (broad SMARTS) is 1. The van der Waals surface area contributed by atoms with Gasteiger partial charge in [-0.05, 0) is 148 Å². The van der Waals surface area contributed by atoms with E-state index in [0.29, 0.717) is 67.3 Å². The van der Waals surface area contributed by atoms with Gasteiger partial charge < -0.3 is 44.5 Å². The first-order valence-corrected chi connectivity index (χ1v) is 46.1. The zero-order valence-corrected chi connectivity index (χ0v) is 80.9. The van der Waals surface area contributed by atoms with E-state index in [4.69, 9.17) is 28.8 Å². The van der Waals surface area contributed by atoms with E-state index in [0.717, 1.165) is 96.1 Å². The molecule has 12 heterocycles. The van der Waals surface area contributed by atoms with E-state index in [-0.39, 0.29) is 111 Å². The molecular formula is C102H84F4N12O22S4. The number of aliphatic hydroxyl groups excluding tert-OH is 4. The second kappa shape index (κ2) is 46.2. The third kappa shape index (κ3) is 22.6. The van der Waals surface area contributed by atoms with E-state index in [1.54, 1.807) is 104 Å². The van der Waals surface area contributed by atoms with Crippen molar-refractivity contribution in [1.29, 1.82) is 0 Å². The van der Waals surface area contributed by atoms with E-state index >= 15 is 0 Å². The largest absolute Gasteiger partial charge is 0.507 e. The van der Waals surface area contributed by atoms with E-state index in [1.807, 2.05) is 0 Å². The smallest absolute Gasteiger partial charge is 0.350 e. The number of Topliss-reactive ketones (excluding diaryl/α,β-unsaturated/α-hetero) is 4. The second-order valence-corrected chi connectivity index (χ2v) is 35.3. The van der Waals surface area contributed by atoms with Gasteiger partial charge in [0.15, 0.2) is 20.5 Å². The molecular weight excluding hydrogens is 1950 g/mol. The Morgan fingerprint density at radius 3 is 0.681 bits per heavy atom. The highest BCUT2D eigenvalue weighted by Crippen LogP contribution is 2.50. The van der Waals surface area contributed by atoms with Crippen LogP contribution in [0.3, 0.4) is 0 Å². The number of amides is 4. The fourth-order valence-corrected chi connectivity index (χ4v) is 18.6. The summed E-state index contributed by atoms with van der Waals surface area (Å²) in [5, 5.41) is 51.9. The lowest BCUT2D eigenvalue weighted by Crippen LogP contribution is -2.29. The first-order chi connectivity index (χ1) is 68.7. The Morgan fingerprint density at radius 1 is 0.333 bits per heavy atom. The van der Waals surface area contributed by atoms with Crippen LogP contribution in [0.1, 0.15) is 159 Å². The number of rotatable bonds is 24. The van der Waals surface area contributed by atoms with Gasteiger partial charge in [0.1, 0.15) is 92.2 Å². The van der Waals surface area contributed by atoms with Gasteiger partial charge in [-0.2, -0.15) is 0 Å². The van der Waals surface area contributed by atoms with Gasteiger partial charge in [0.25, 0.3) is 29.1 Å². The number of halogens is 4. The summed E-state index contributed by atoms with van der Waals surface area (Å²) < 4.78 is 77.2. The molecule has 16 rings (SSSR count). The van der Waals surface area contributed by atoms with Gasteiger partial charge in [-0.25, -0.2) is 56.7 Å². The number of esters is 4. The molecule has 0 bridgehead atoms. The highest BCUT2D eigenvalue weighted by molar-refractivity contribution is 7.19. The summed E-state index contributed by atoms with van der Waals surface area (Å²) in [6, 6.07) is 24.7. The van der Waals surface area contributed by atoms with Crippen LogP contribution in [0, 0.1) is 78.7 Å². The fraction of sp³-hybridized carbons (Fsp3) is 0.167. The Labute approximate surface area is 833 Å². The summed E-state index contributed by atoms with van der Waals surface area (Å²) in [4.78, 5) is 203. The van der Waals surface area contributed by atoms with Crippen molar-refractivity contribution in [3.8, 4) is 0 Å². The Hall–Kier alpha value is -17.3. The number of pyridine rings is 4. The van der Waals surface area contributed by atoms with E-state index in [9.17, 15) is 95.5 Å². The summed E-state index contributed by atoms with van der Waals surface area (Å²) >= 11 is 3.53. The van der Waals surface area contributed by atoms with Crippen LogP contribution in [-0.4, -0.2) is 168 Å². The number of aliphatic hydroxyl groups is 4. The number of hydrogen-bond donors (Lipinski definition) is 5. The summed E-state index contributed by atoms with van der Waals surface area (Å²) in [5.74, 6) is -15.5. The monoisotopic (exact) mass is 2030 g/mol. The van der Waals surface area contributed by atoms with Crippen LogP contribution in [-0.2, 0) is 62.1 Å². The van der Waals surface area contributed by atoms with Gasteiger partial charge in [0, 0.05) is 78.8 Å². The third-order valence-corrected chi connectivity index (χ3v) is 26.1. The third-order valence-electron chi connectivity index (χ3n) is 21.6. The quantitative estimate of drug-likeness (QED) is 0.00713. The number of hydrogen-bond acceptors (Lipinski definition) is 33.